The van der Waals surface area contributed by atoms with E-state index in [0.717, 1.165) is 25.4 Å². The minimum absolute atomic E-state index is 0.237. The average molecular weight is 227 g/mol. The maximum absolute atomic E-state index is 10.6. The van der Waals surface area contributed by atoms with Gasteiger partial charge in [0.1, 0.15) is 0 Å². The third-order valence-corrected chi connectivity index (χ3v) is 3.97. The highest BCUT2D eigenvalue weighted by molar-refractivity contribution is 5.69. The molecule has 1 saturated carbocycles. The van der Waals surface area contributed by atoms with E-state index in [1.54, 1.807) is 6.92 Å². The SMILES string of the molecule is CC(CCNCC(C)(C)C1CCC1)C(=O)O. The van der Waals surface area contributed by atoms with Crippen molar-refractivity contribution in [1.82, 2.24) is 5.32 Å². The van der Waals surface area contributed by atoms with Crippen LogP contribution in [0.1, 0.15) is 46.5 Å². The van der Waals surface area contributed by atoms with Crippen molar-refractivity contribution in [2.75, 3.05) is 13.1 Å². The van der Waals surface area contributed by atoms with Gasteiger partial charge in [0.25, 0.3) is 0 Å². The summed E-state index contributed by atoms with van der Waals surface area (Å²) < 4.78 is 0. The van der Waals surface area contributed by atoms with Crippen LogP contribution in [0, 0.1) is 17.3 Å². The summed E-state index contributed by atoms with van der Waals surface area (Å²) in [5.41, 5.74) is 0.366. The second-order valence-corrected chi connectivity index (χ2v) is 5.82. The fourth-order valence-electron chi connectivity index (χ4n) is 2.19. The number of nitrogens with one attached hydrogen (secondary N) is 1. The van der Waals surface area contributed by atoms with Gasteiger partial charge < -0.3 is 10.4 Å². The first kappa shape index (κ1) is 13.5. The molecule has 16 heavy (non-hydrogen) atoms. The topological polar surface area (TPSA) is 49.3 Å². The van der Waals surface area contributed by atoms with E-state index in [4.69, 9.17) is 5.11 Å². The standard InChI is InChI=1S/C13H25NO2/c1-10(12(15)16)7-8-14-9-13(2,3)11-5-4-6-11/h10-11,14H,4-9H2,1-3H3,(H,15,16). The van der Waals surface area contributed by atoms with Gasteiger partial charge in [-0.25, -0.2) is 0 Å². The lowest BCUT2D eigenvalue weighted by molar-refractivity contribution is -0.141. The largest absolute Gasteiger partial charge is 0.481 e. The Hall–Kier alpha value is -0.570. The van der Waals surface area contributed by atoms with Crippen LogP contribution in [0.4, 0.5) is 0 Å². The molecule has 1 rings (SSSR count). The molecule has 1 aliphatic carbocycles. The van der Waals surface area contributed by atoms with Crippen LogP contribution in [-0.4, -0.2) is 24.2 Å². The number of carbonyl (C=O) groups is 1. The first-order chi connectivity index (χ1) is 7.43. The van der Waals surface area contributed by atoms with E-state index in [0.29, 0.717) is 5.41 Å². The van der Waals surface area contributed by atoms with Gasteiger partial charge >= 0.3 is 5.97 Å². The van der Waals surface area contributed by atoms with Gasteiger partial charge in [0.05, 0.1) is 5.92 Å². The average Bonchev–Trinajstić information content (AvgIpc) is 2.08. The summed E-state index contributed by atoms with van der Waals surface area (Å²) >= 11 is 0. The third kappa shape index (κ3) is 3.78. The summed E-state index contributed by atoms with van der Waals surface area (Å²) in [6.45, 7) is 8.20. The van der Waals surface area contributed by atoms with Crippen molar-refractivity contribution < 1.29 is 9.90 Å². The van der Waals surface area contributed by atoms with Crippen LogP contribution in [-0.2, 0) is 4.79 Å². The highest BCUT2D eigenvalue weighted by Crippen LogP contribution is 2.41. The molecule has 0 amide bonds. The summed E-state index contributed by atoms with van der Waals surface area (Å²) in [7, 11) is 0. The van der Waals surface area contributed by atoms with Crippen LogP contribution in [0.5, 0.6) is 0 Å². The van der Waals surface area contributed by atoms with Crippen LogP contribution in [0.15, 0.2) is 0 Å². The van der Waals surface area contributed by atoms with Gasteiger partial charge in [-0.1, -0.05) is 27.2 Å². The van der Waals surface area contributed by atoms with E-state index in [-0.39, 0.29) is 5.92 Å². The molecule has 1 aliphatic rings. The van der Waals surface area contributed by atoms with E-state index in [9.17, 15) is 4.79 Å². The molecule has 0 saturated heterocycles. The number of carboxylic acids is 1. The van der Waals surface area contributed by atoms with Crippen LogP contribution in [0.2, 0.25) is 0 Å². The number of hydrogen-bond donors (Lipinski definition) is 2. The summed E-state index contributed by atoms with van der Waals surface area (Å²) in [5, 5.41) is 12.1. The Morgan fingerprint density at radius 3 is 2.56 bits per heavy atom. The monoisotopic (exact) mass is 227 g/mol. The fraction of sp³-hybridized carbons (Fsp3) is 0.923. The van der Waals surface area contributed by atoms with Gasteiger partial charge in [0, 0.05) is 6.54 Å². The van der Waals surface area contributed by atoms with Crippen molar-refractivity contribution in [3.05, 3.63) is 0 Å². The Labute approximate surface area is 98.6 Å². The van der Waals surface area contributed by atoms with Gasteiger partial charge in [-0.05, 0) is 37.1 Å². The van der Waals surface area contributed by atoms with Gasteiger partial charge in [-0.2, -0.15) is 0 Å². The molecule has 0 aromatic carbocycles. The Balaban J connectivity index is 2.12. The van der Waals surface area contributed by atoms with Crippen molar-refractivity contribution in [2.24, 2.45) is 17.3 Å². The molecule has 3 heteroatoms. The van der Waals surface area contributed by atoms with E-state index in [2.05, 4.69) is 19.2 Å². The first-order valence-corrected chi connectivity index (χ1v) is 6.37. The van der Waals surface area contributed by atoms with Crippen molar-refractivity contribution in [2.45, 2.75) is 46.5 Å². The van der Waals surface area contributed by atoms with Gasteiger partial charge in [0.2, 0.25) is 0 Å². The molecule has 1 atom stereocenters. The lowest BCUT2D eigenvalue weighted by atomic mass is 9.67. The molecule has 94 valence electrons. The quantitative estimate of drug-likeness (QED) is 0.657. The molecule has 1 fully saturated rings. The molecule has 3 nitrogen and oxygen atoms in total. The lowest BCUT2D eigenvalue weighted by Gasteiger charge is -2.40. The molecule has 0 radical (unpaired) electrons. The first-order valence-electron chi connectivity index (χ1n) is 6.37. The van der Waals surface area contributed by atoms with Crippen molar-refractivity contribution in [1.29, 1.82) is 0 Å². The van der Waals surface area contributed by atoms with Crippen LogP contribution in [0.25, 0.3) is 0 Å². The van der Waals surface area contributed by atoms with Gasteiger partial charge in [-0.15, -0.1) is 0 Å². The van der Waals surface area contributed by atoms with Crippen LogP contribution >= 0.6 is 0 Å². The minimum atomic E-state index is -0.694. The maximum Gasteiger partial charge on any atom is 0.306 e. The number of carboxylic acid groups (broad SMARTS) is 1. The van der Waals surface area contributed by atoms with E-state index < -0.39 is 5.97 Å². The van der Waals surface area contributed by atoms with E-state index in [1.807, 2.05) is 0 Å². The Morgan fingerprint density at radius 2 is 2.12 bits per heavy atom. The highest BCUT2D eigenvalue weighted by atomic mass is 16.4. The maximum atomic E-state index is 10.6. The molecule has 2 N–H and O–H groups in total. The van der Waals surface area contributed by atoms with E-state index >= 15 is 0 Å². The summed E-state index contributed by atoms with van der Waals surface area (Å²) in [6, 6.07) is 0. The van der Waals surface area contributed by atoms with Crippen molar-refractivity contribution >= 4 is 5.97 Å². The summed E-state index contributed by atoms with van der Waals surface area (Å²) in [4.78, 5) is 10.6. The van der Waals surface area contributed by atoms with Crippen molar-refractivity contribution in [3.8, 4) is 0 Å². The highest BCUT2D eigenvalue weighted by Gasteiger charge is 2.33. The second kappa shape index (κ2) is 5.67. The predicted octanol–water partition coefficient (Wildman–Crippen LogP) is 2.51. The van der Waals surface area contributed by atoms with Gasteiger partial charge in [-0.3, -0.25) is 4.79 Å². The van der Waals surface area contributed by atoms with Crippen LogP contribution in [0.3, 0.4) is 0 Å². The van der Waals surface area contributed by atoms with Gasteiger partial charge in [0.15, 0.2) is 0 Å². The summed E-state index contributed by atoms with van der Waals surface area (Å²) in [6.07, 6.45) is 4.82. The second-order valence-electron chi connectivity index (χ2n) is 5.82. The van der Waals surface area contributed by atoms with E-state index in [1.165, 1.54) is 19.3 Å². The molecular weight excluding hydrogens is 202 g/mol. The zero-order valence-electron chi connectivity index (χ0n) is 10.8. The molecule has 1 unspecified atom stereocenters. The lowest BCUT2D eigenvalue weighted by Crippen LogP contribution is -2.39. The number of aliphatic carboxylic acids is 1. The third-order valence-electron chi connectivity index (χ3n) is 3.97. The molecule has 0 aromatic heterocycles. The molecule has 0 aliphatic heterocycles. The molecule has 0 spiro atoms. The number of rotatable bonds is 7. The Morgan fingerprint density at radius 1 is 1.50 bits per heavy atom. The van der Waals surface area contributed by atoms with Crippen LogP contribution < -0.4 is 5.32 Å². The normalized spacial score (nSPS) is 19.2. The Bertz CT molecular complexity index is 234. The zero-order chi connectivity index (χ0) is 12.2. The smallest absolute Gasteiger partial charge is 0.306 e. The molecular formula is C13H25NO2. The molecule has 0 heterocycles. The Kier molecular flexibility index (Phi) is 4.78. The number of hydrogen-bond acceptors (Lipinski definition) is 2. The zero-order valence-corrected chi connectivity index (χ0v) is 10.8. The predicted molar refractivity (Wildman–Crippen MR) is 65.4 cm³/mol. The minimum Gasteiger partial charge on any atom is -0.481 e. The van der Waals surface area contributed by atoms with Crippen molar-refractivity contribution in [3.63, 3.8) is 0 Å². The summed E-state index contributed by atoms with van der Waals surface area (Å²) in [5.74, 6) is -0.0729. The fourth-order valence-corrected chi connectivity index (χ4v) is 2.19. The molecule has 0 aromatic rings. The molecule has 0 bridgehead atoms.